The molecule has 3 aromatic rings. The van der Waals surface area contributed by atoms with Crippen molar-refractivity contribution in [1.82, 2.24) is 14.6 Å². The topological polar surface area (TPSA) is 91.5 Å². The first-order valence-corrected chi connectivity index (χ1v) is 11.7. The summed E-state index contributed by atoms with van der Waals surface area (Å²) in [4.78, 5) is 16.3. The lowest BCUT2D eigenvalue weighted by atomic mass is 10.2. The van der Waals surface area contributed by atoms with E-state index < -0.39 is 10.0 Å². The lowest BCUT2D eigenvalue weighted by molar-refractivity contribution is 0.0731. The molecule has 148 valence electrons. The summed E-state index contributed by atoms with van der Waals surface area (Å²) in [6.07, 6.45) is 0. The number of nitrogens with one attached hydrogen (secondary N) is 2. The smallest absolute Gasteiger partial charge is 0.268 e. The Hall–Kier alpha value is -1.72. The monoisotopic (exact) mass is 483 g/mol. The number of benzene rings is 1. The van der Waals surface area contributed by atoms with Gasteiger partial charge in [-0.2, -0.15) is 4.31 Å². The fraction of sp³-hybridized carbons (Fsp3) is 0.278. The van der Waals surface area contributed by atoms with Crippen LogP contribution in [0, 0.1) is 0 Å². The van der Waals surface area contributed by atoms with Crippen LogP contribution in [0.1, 0.15) is 15.4 Å². The molecule has 0 aliphatic carbocycles. The Kier molecular flexibility index (Phi) is 5.57. The van der Waals surface area contributed by atoms with Crippen LogP contribution < -0.4 is 5.32 Å². The van der Waals surface area contributed by atoms with Gasteiger partial charge in [0.1, 0.15) is 9.90 Å². The van der Waals surface area contributed by atoms with E-state index in [1.54, 1.807) is 18.2 Å². The van der Waals surface area contributed by atoms with Crippen molar-refractivity contribution in [3.63, 3.8) is 0 Å². The fourth-order valence-electron chi connectivity index (χ4n) is 2.99. The van der Waals surface area contributed by atoms with Crippen molar-refractivity contribution in [2.75, 3.05) is 26.3 Å². The van der Waals surface area contributed by atoms with Crippen molar-refractivity contribution >= 4 is 54.1 Å². The Morgan fingerprint density at radius 1 is 1.21 bits per heavy atom. The van der Waals surface area contributed by atoms with Crippen molar-refractivity contribution in [1.29, 1.82) is 0 Å². The minimum atomic E-state index is -3.50. The first-order chi connectivity index (χ1) is 13.4. The van der Waals surface area contributed by atoms with Crippen molar-refractivity contribution < 1.29 is 17.9 Å². The van der Waals surface area contributed by atoms with E-state index in [4.69, 9.17) is 4.74 Å². The maximum absolute atomic E-state index is 12.7. The van der Waals surface area contributed by atoms with Gasteiger partial charge >= 0.3 is 0 Å². The van der Waals surface area contributed by atoms with E-state index in [2.05, 4.69) is 26.2 Å². The Bertz CT molecular complexity index is 1120. The van der Waals surface area contributed by atoms with Crippen LogP contribution >= 0.6 is 27.3 Å². The number of carbonyl (C=O) groups excluding carboxylic acids is 1. The number of amides is 1. The molecule has 2 N–H and O–H groups in total. The van der Waals surface area contributed by atoms with Crippen LogP contribution in [0.15, 0.2) is 45.1 Å². The lowest BCUT2D eigenvalue weighted by Crippen LogP contribution is -2.40. The van der Waals surface area contributed by atoms with E-state index in [0.29, 0.717) is 32.0 Å². The highest BCUT2D eigenvalue weighted by molar-refractivity contribution is 9.10. The van der Waals surface area contributed by atoms with Gasteiger partial charge in [-0.1, -0.05) is 22.0 Å². The highest BCUT2D eigenvalue weighted by atomic mass is 79.9. The van der Waals surface area contributed by atoms with E-state index in [0.717, 1.165) is 20.3 Å². The predicted molar refractivity (Wildman–Crippen MR) is 111 cm³/mol. The number of H-pyrrole nitrogens is 1. The van der Waals surface area contributed by atoms with Gasteiger partial charge in [0.15, 0.2) is 0 Å². The zero-order chi connectivity index (χ0) is 19.7. The fourth-order valence-corrected chi connectivity index (χ4v) is 6.21. The molecule has 1 aliphatic heterocycles. The molecule has 28 heavy (non-hydrogen) atoms. The van der Waals surface area contributed by atoms with E-state index in [1.807, 2.05) is 18.2 Å². The molecule has 0 radical (unpaired) electrons. The molecule has 1 amide bonds. The second-order valence-electron chi connectivity index (χ2n) is 6.33. The molecule has 1 fully saturated rings. The van der Waals surface area contributed by atoms with E-state index in [-0.39, 0.29) is 16.7 Å². The number of nitrogens with zero attached hydrogens (tertiary/aromatic N) is 1. The molecule has 10 heteroatoms. The third-order valence-corrected chi connectivity index (χ3v) is 8.40. The van der Waals surface area contributed by atoms with Gasteiger partial charge < -0.3 is 15.0 Å². The molecular weight excluding hydrogens is 466 g/mol. The normalized spacial score (nSPS) is 15.8. The van der Waals surface area contributed by atoms with Crippen LogP contribution in [0.4, 0.5) is 0 Å². The summed E-state index contributed by atoms with van der Waals surface area (Å²) in [7, 11) is -3.50. The van der Waals surface area contributed by atoms with Gasteiger partial charge in [0.2, 0.25) is 0 Å². The highest BCUT2D eigenvalue weighted by Crippen LogP contribution is 2.26. The molecule has 0 bridgehead atoms. The van der Waals surface area contributed by atoms with Gasteiger partial charge in [0.05, 0.1) is 19.8 Å². The molecule has 0 atom stereocenters. The summed E-state index contributed by atoms with van der Waals surface area (Å²) in [6.45, 7) is 1.82. The molecular formula is C18H18BrN3O4S2. The van der Waals surface area contributed by atoms with Gasteiger partial charge in [0, 0.05) is 33.3 Å². The lowest BCUT2D eigenvalue weighted by Gasteiger charge is -2.25. The number of ether oxygens (including phenoxy) is 1. The first kappa shape index (κ1) is 19.6. The zero-order valence-electron chi connectivity index (χ0n) is 14.8. The Morgan fingerprint density at radius 2 is 2.00 bits per heavy atom. The third kappa shape index (κ3) is 4.01. The largest absolute Gasteiger partial charge is 0.379 e. The van der Waals surface area contributed by atoms with Gasteiger partial charge in [-0.3, -0.25) is 4.79 Å². The summed E-state index contributed by atoms with van der Waals surface area (Å²) in [6, 6.07) is 10.9. The maximum Gasteiger partial charge on any atom is 0.268 e. The van der Waals surface area contributed by atoms with E-state index in [9.17, 15) is 13.2 Å². The molecule has 7 nitrogen and oxygen atoms in total. The molecule has 1 aromatic carbocycles. The summed E-state index contributed by atoms with van der Waals surface area (Å²) in [5.41, 5.74) is 1.33. The second kappa shape index (κ2) is 7.96. The second-order valence-corrected chi connectivity index (χ2v) is 10.6. The number of morpholine rings is 1. The van der Waals surface area contributed by atoms with Crippen LogP contribution in [-0.4, -0.2) is 49.9 Å². The molecule has 0 spiro atoms. The number of hydrogen-bond donors (Lipinski definition) is 2. The van der Waals surface area contributed by atoms with Crippen molar-refractivity contribution in [3.05, 3.63) is 51.4 Å². The SMILES string of the molecule is O=C(NCc1ccc(S(=O)(=O)N2CCOCC2)s1)c1cc2ccc(Br)cc2[nH]1. The standard InChI is InChI=1S/C18H18BrN3O4S2/c19-13-2-1-12-9-16(21-15(12)10-13)18(23)20-11-14-3-4-17(27-14)28(24,25)22-5-7-26-8-6-22/h1-4,9-10,21H,5-8,11H2,(H,20,23). The Morgan fingerprint density at radius 3 is 2.79 bits per heavy atom. The molecule has 2 aromatic heterocycles. The average Bonchev–Trinajstić information content (AvgIpc) is 3.34. The van der Waals surface area contributed by atoms with Gasteiger partial charge in [-0.05, 0) is 30.3 Å². The highest BCUT2D eigenvalue weighted by Gasteiger charge is 2.27. The number of aromatic amines is 1. The number of sulfonamides is 1. The molecule has 0 saturated carbocycles. The average molecular weight is 484 g/mol. The van der Waals surface area contributed by atoms with Crippen LogP contribution in [-0.2, 0) is 21.3 Å². The number of hydrogen-bond acceptors (Lipinski definition) is 5. The zero-order valence-corrected chi connectivity index (χ0v) is 18.0. The minimum absolute atomic E-state index is 0.238. The third-order valence-electron chi connectivity index (χ3n) is 4.45. The number of carbonyl (C=O) groups is 1. The van der Waals surface area contributed by atoms with E-state index in [1.165, 1.54) is 15.6 Å². The number of halogens is 1. The minimum Gasteiger partial charge on any atom is -0.379 e. The molecule has 0 unspecified atom stereocenters. The molecule has 4 rings (SSSR count). The van der Waals surface area contributed by atoms with Crippen LogP contribution in [0.5, 0.6) is 0 Å². The predicted octanol–water partition coefficient (Wildman–Crippen LogP) is 2.94. The molecule has 3 heterocycles. The quantitative estimate of drug-likeness (QED) is 0.583. The van der Waals surface area contributed by atoms with Crippen molar-refractivity contribution in [3.8, 4) is 0 Å². The Balaban J connectivity index is 1.43. The number of aromatic nitrogens is 1. The van der Waals surface area contributed by atoms with Crippen LogP contribution in [0.3, 0.4) is 0 Å². The number of rotatable bonds is 5. The molecule has 1 saturated heterocycles. The Labute approximate surface area is 174 Å². The van der Waals surface area contributed by atoms with Crippen LogP contribution in [0.25, 0.3) is 10.9 Å². The summed E-state index contributed by atoms with van der Waals surface area (Å²) < 4.78 is 33.2. The van der Waals surface area contributed by atoms with Gasteiger partial charge in [-0.25, -0.2) is 8.42 Å². The summed E-state index contributed by atoms with van der Waals surface area (Å²) >= 11 is 4.58. The number of fused-ring (bicyclic) bond motifs is 1. The van der Waals surface area contributed by atoms with Gasteiger partial charge in [0.25, 0.3) is 15.9 Å². The van der Waals surface area contributed by atoms with Gasteiger partial charge in [-0.15, -0.1) is 11.3 Å². The maximum atomic E-state index is 12.7. The first-order valence-electron chi connectivity index (χ1n) is 8.66. The van der Waals surface area contributed by atoms with Crippen molar-refractivity contribution in [2.45, 2.75) is 10.8 Å². The summed E-state index contributed by atoms with van der Waals surface area (Å²) in [5, 5.41) is 3.78. The number of thiophene rings is 1. The van der Waals surface area contributed by atoms with Crippen molar-refractivity contribution in [2.24, 2.45) is 0 Å². The van der Waals surface area contributed by atoms with Crippen LogP contribution in [0.2, 0.25) is 0 Å². The summed E-state index contributed by atoms with van der Waals surface area (Å²) in [5.74, 6) is -0.238. The van der Waals surface area contributed by atoms with E-state index >= 15 is 0 Å². The molecule has 1 aliphatic rings.